The SMILES string of the molecule is CC(=O)O.CC(=O)O.CC(=O)O.CC(=O)O.CC(=O)O.N.N.NCCNCCN.[MgH2]. The van der Waals surface area contributed by atoms with Crippen LogP contribution in [-0.4, -0.2) is 105 Å². The summed E-state index contributed by atoms with van der Waals surface area (Å²) in [6.45, 7) is 8.55. The summed E-state index contributed by atoms with van der Waals surface area (Å²) < 4.78 is 0. The lowest BCUT2D eigenvalue weighted by molar-refractivity contribution is -0.135. The van der Waals surface area contributed by atoms with Gasteiger partial charge in [0.05, 0.1) is 0 Å². The lowest BCUT2D eigenvalue weighted by Gasteiger charge is -1.95. The summed E-state index contributed by atoms with van der Waals surface area (Å²) in [5.41, 5.74) is 10.3. The van der Waals surface area contributed by atoms with Crippen molar-refractivity contribution in [1.82, 2.24) is 17.6 Å². The molecule has 0 heterocycles. The number of nitrogens with two attached hydrogens (primary N) is 2. The molecule has 16 N–H and O–H groups in total. The Bertz CT molecular complexity index is 294. The van der Waals surface area contributed by atoms with Gasteiger partial charge in [0.15, 0.2) is 0 Å². The predicted molar refractivity (Wildman–Crippen MR) is 116 cm³/mol. The van der Waals surface area contributed by atoms with Gasteiger partial charge in [0, 0.05) is 60.8 Å². The summed E-state index contributed by atoms with van der Waals surface area (Å²) in [7, 11) is 0. The Morgan fingerprint density at radius 2 is 0.667 bits per heavy atom. The highest BCUT2D eigenvalue weighted by Crippen LogP contribution is 1.49. The normalized spacial score (nSPS) is 6.37. The van der Waals surface area contributed by atoms with Gasteiger partial charge in [-0.1, -0.05) is 0 Å². The first-order valence-electron chi connectivity index (χ1n) is 7.16. The van der Waals surface area contributed by atoms with Crippen LogP contribution in [0.25, 0.3) is 0 Å². The molecule has 0 aliphatic heterocycles. The van der Waals surface area contributed by atoms with E-state index in [1.807, 2.05) is 0 Å². The van der Waals surface area contributed by atoms with E-state index in [1.54, 1.807) is 0 Å². The molecule has 15 nitrogen and oxygen atoms in total. The van der Waals surface area contributed by atoms with Crippen LogP contribution in [0, 0.1) is 0 Å². The Morgan fingerprint density at radius 3 is 0.733 bits per heavy atom. The highest BCUT2D eigenvalue weighted by molar-refractivity contribution is 5.75. The molecule has 0 spiro atoms. The fraction of sp³-hybridized carbons (Fsp3) is 0.643. The third kappa shape index (κ3) is 4380. The molecule has 0 saturated carbocycles. The van der Waals surface area contributed by atoms with Gasteiger partial charge in [-0.25, -0.2) is 0 Å². The average Bonchev–Trinajstić information content (AvgIpc) is 2.35. The molecule has 0 bridgehead atoms. The Labute approximate surface area is 192 Å². The highest BCUT2D eigenvalue weighted by atomic mass is 24.3. The van der Waals surface area contributed by atoms with Crippen LogP contribution in [0.5, 0.6) is 0 Å². The first-order chi connectivity index (χ1) is 12.1. The first kappa shape index (κ1) is 56.5. The van der Waals surface area contributed by atoms with Crippen molar-refractivity contribution in [1.29, 1.82) is 0 Å². The van der Waals surface area contributed by atoms with Gasteiger partial charge in [-0.05, 0) is 0 Å². The van der Waals surface area contributed by atoms with E-state index < -0.39 is 29.8 Å². The monoisotopic (exact) mass is 463 g/mol. The summed E-state index contributed by atoms with van der Waals surface area (Å²) in [5.74, 6) is -4.17. The minimum absolute atomic E-state index is 0. The molecule has 16 heteroatoms. The molecule has 0 radical (unpaired) electrons. The van der Waals surface area contributed by atoms with E-state index in [1.165, 1.54) is 0 Å². The van der Waals surface area contributed by atoms with E-state index in [9.17, 15) is 0 Å². The molecule has 0 fully saturated rings. The van der Waals surface area contributed by atoms with Crippen molar-refractivity contribution in [3.8, 4) is 0 Å². The fourth-order valence-corrected chi connectivity index (χ4v) is 0.329. The molecule has 0 saturated heterocycles. The molecule has 0 amide bonds. The summed E-state index contributed by atoms with van der Waals surface area (Å²) >= 11 is 0. The zero-order chi connectivity index (χ0) is 23.4. The quantitative estimate of drug-likeness (QED) is 0.165. The van der Waals surface area contributed by atoms with Crippen LogP contribution >= 0.6 is 0 Å². The van der Waals surface area contributed by atoms with Gasteiger partial charge in [-0.2, -0.15) is 0 Å². The molecule has 0 atom stereocenters. The van der Waals surface area contributed by atoms with Crippen LogP contribution in [0.2, 0.25) is 0 Å². The molecule has 0 rings (SSSR count). The summed E-state index contributed by atoms with van der Waals surface area (Å²) in [6.07, 6.45) is 0. The topological polar surface area (TPSA) is 321 Å². The highest BCUT2D eigenvalue weighted by Gasteiger charge is 1.76. The second kappa shape index (κ2) is 56.3. The number of carbonyl (C=O) groups is 5. The van der Waals surface area contributed by atoms with Crippen molar-refractivity contribution >= 4 is 52.9 Å². The van der Waals surface area contributed by atoms with Gasteiger partial charge >= 0.3 is 23.1 Å². The fourth-order valence-electron chi connectivity index (χ4n) is 0.329. The summed E-state index contributed by atoms with van der Waals surface area (Å²) in [5, 5.41) is 40.1. The molecular weight excluding hydrogens is 422 g/mol. The van der Waals surface area contributed by atoms with Crippen LogP contribution in [0.3, 0.4) is 0 Å². The van der Waals surface area contributed by atoms with Crippen molar-refractivity contribution in [3.05, 3.63) is 0 Å². The predicted octanol–water partition coefficient (Wildman–Crippen LogP) is -1.64. The second-order valence-electron chi connectivity index (χ2n) is 3.92. The van der Waals surface area contributed by atoms with Crippen molar-refractivity contribution in [2.75, 3.05) is 26.2 Å². The van der Waals surface area contributed by atoms with Gasteiger partial charge in [0.1, 0.15) is 0 Å². The number of rotatable bonds is 4. The van der Waals surface area contributed by atoms with Crippen molar-refractivity contribution < 1.29 is 49.5 Å². The third-order valence-corrected chi connectivity index (χ3v) is 0.642. The number of carboxylic acid groups (broad SMARTS) is 5. The maximum absolute atomic E-state index is 9.00. The minimum Gasteiger partial charge on any atom is -0.481 e. The third-order valence-electron chi connectivity index (χ3n) is 0.642. The van der Waals surface area contributed by atoms with Crippen LogP contribution in [0.4, 0.5) is 0 Å². The Balaban J connectivity index is -0.0000000251. The Morgan fingerprint density at radius 1 is 0.567 bits per heavy atom. The number of carboxylic acids is 5. The molecule has 0 aliphatic carbocycles. The van der Waals surface area contributed by atoms with Crippen LogP contribution in [-0.2, 0) is 24.0 Å². The lowest BCUT2D eigenvalue weighted by atomic mass is 10.6. The van der Waals surface area contributed by atoms with Gasteiger partial charge in [-0.15, -0.1) is 0 Å². The van der Waals surface area contributed by atoms with E-state index in [0.717, 1.165) is 47.7 Å². The standard InChI is InChI=1S/C4H13N3.5C2H4O2.Mg.2H3N.2H/c5-1-3-7-4-2-6;5*1-2(3)4;;;;;/h7H,1-6H2;5*1H3,(H,3,4);;2*1H3;;. The van der Waals surface area contributed by atoms with E-state index >= 15 is 0 Å². The Hall–Kier alpha value is -2.08. The van der Waals surface area contributed by atoms with Crippen molar-refractivity contribution in [3.63, 3.8) is 0 Å². The maximum Gasteiger partial charge on any atom is 0.316 e. The van der Waals surface area contributed by atoms with E-state index in [2.05, 4.69) is 5.32 Å². The second-order valence-corrected chi connectivity index (χ2v) is 3.92. The molecule has 0 aliphatic rings. The van der Waals surface area contributed by atoms with E-state index in [4.69, 9.17) is 61.0 Å². The van der Waals surface area contributed by atoms with Crippen LogP contribution < -0.4 is 29.1 Å². The zero-order valence-corrected chi connectivity index (χ0v) is 17.7. The molecule has 0 aromatic rings. The van der Waals surface area contributed by atoms with Crippen molar-refractivity contribution in [2.45, 2.75) is 34.6 Å². The summed E-state index contributed by atoms with van der Waals surface area (Å²) in [6, 6.07) is 0. The number of hydrogen-bond donors (Lipinski definition) is 10. The Kier molecular flexibility index (Phi) is 106. The minimum atomic E-state index is -0.833. The zero-order valence-electron chi connectivity index (χ0n) is 17.7. The molecule has 0 aromatic heterocycles. The van der Waals surface area contributed by atoms with Gasteiger partial charge in [0.2, 0.25) is 0 Å². The molecular formula is C14H41MgN5O10. The van der Waals surface area contributed by atoms with Gasteiger partial charge < -0.3 is 54.6 Å². The molecule has 30 heavy (non-hydrogen) atoms. The maximum atomic E-state index is 9.00. The average molecular weight is 464 g/mol. The van der Waals surface area contributed by atoms with Crippen molar-refractivity contribution in [2.24, 2.45) is 11.5 Å². The molecule has 0 aromatic carbocycles. The van der Waals surface area contributed by atoms with Gasteiger partial charge in [0.25, 0.3) is 29.8 Å². The van der Waals surface area contributed by atoms with Crippen LogP contribution in [0.1, 0.15) is 34.6 Å². The number of nitrogens with one attached hydrogen (secondary N) is 1. The van der Waals surface area contributed by atoms with Crippen LogP contribution in [0.15, 0.2) is 0 Å². The molecule has 184 valence electrons. The van der Waals surface area contributed by atoms with E-state index in [-0.39, 0.29) is 35.4 Å². The number of aliphatic carboxylic acids is 5. The summed E-state index contributed by atoms with van der Waals surface area (Å²) in [4.78, 5) is 45.0. The lowest BCUT2D eigenvalue weighted by Crippen LogP contribution is -2.27. The van der Waals surface area contributed by atoms with E-state index in [0.29, 0.717) is 13.1 Å². The smallest absolute Gasteiger partial charge is 0.316 e. The van der Waals surface area contributed by atoms with Gasteiger partial charge in [-0.3, -0.25) is 24.0 Å². The molecule has 0 unspecified atom stereocenters. The number of hydrogen-bond acceptors (Lipinski definition) is 10. The first-order valence-corrected chi connectivity index (χ1v) is 7.16. The largest absolute Gasteiger partial charge is 0.481 e.